The first-order valence-corrected chi connectivity index (χ1v) is 10.2. The predicted molar refractivity (Wildman–Crippen MR) is 118 cm³/mol. The Morgan fingerprint density at radius 3 is 2.47 bits per heavy atom. The number of amides is 2. The number of rotatable bonds is 6. The van der Waals surface area contributed by atoms with Crippen LogP contribution in [0.25, 0.3) is 6.08 Å². The van der Waals surface area contributed by atoms with Crippen LogP contribution in [0.1, 0.15) is 35.2 Å². The van der Waals surface area contributed by atoms with Crippen LogP contribution < -0.4 is 14.8 Å². The number of benzene rings is 2. The molecule has 0 saturated carbocycles. The van der Waals surface area contributed by atoms with E-state index in [4.69, 9.17) is 21.1 Å². The fraction of sp³-hybridized carbons (Fsp3) is 0.304. The van der Waals surface area contributed by atoms with Gasteiger partial charge in [-0.25, -0.2) is 0 Å². The van der Waals surface area contributed by atoms with E-state index in [0.717, 1.165) is 37.9 Å². The van der Waals surface area contributed by atoms with E-state index in [0.29, 0.717) is 27.8 Å². The molecule has 0 bridgehead atoms. The van der Waals surface area contributed by atoms with Gasteiger partial charge < -0.3 is 19.7 Å². The third-order valence-electron chi connectivity index (χ3n) is 4.97. The lowest BCUT2D eigenvalue weighted by Gasteiger charge is -2.27. The van der Waals surface area contributed by atoms with Crippen molar-refractivity contribution in [2.75, 3.05) is 32.6 Å². The molecule has 0 spiro atoms. The molecule has 0 atom stereocenters. The lowest BCUT2D eigenvalue weighted by Crippen LogP contribution is -2.35. The van der Waals surface area contributed by atoms with Gasteiger partial charge in [-0.05, 0) is 55.7 Å². The Balaban J connectivity index is 1.66. The summed E-state index contributed by atoms with van der Waals surface area (Å²) in [7, 11) is 3.13. The molecule has 1 saturated heterocycles. The molecule has 2 amide bonds. The zero-order valence-corrected chi connectivity index (χ0v) is 17.9. The van der Waals surface area contributed by atoms with E-state index in [1.165, 1.54) is 6.08 Å². The molecule has 1 fully saturated rings. The number of ether oxygens (including phenoxy) is 2. The summed E-state index contributed by atoms with van der Waals surface area (Å²) in [4.78, 5) is 26.8. The first-order chi connectivity index (χ1) is 14.5. The first-order valence-electron chi connectivity index (χ1n) is 9.81. The molecule has 1 aliphatic rings. The van der Waals surface area contributed by atoms with Crippen LogP contribution in [0.15, 0.2) is 42.5 Å². The summed E-state index contributed by atoms with van der Waals surface area (Å²) in [6.07, 6.45) is 6.25. The lowest BCUT2D eigenvalue weighted by atomic mass is 10.1. The summed E-state index contributed by atoms with van der Waals surface area (Å²) in [5.41, 5.74) is 1.72. The van der Waals surface area contributed by atoms with E-state index in [1.807, 2.05) is 4.90 Å². The van der Waals surface area contributed by atoms with Gasteiger partial charge in [-0.15, -0.1) is 0 Å². The highest BCUT2D eigenvalue weighted by molar-refractivity contribution is 6.34. The van der Waals surface area contributed by atoms with Crippen molar-refractivity contribution in [2.24, 2.45) is 0 Å². The third kappa shape index (κ3) is 5.33. The molecule has 7 heteroatoms. The van der Waals surface area contributed by atoms with Crippen molar-refractivity contribution in [1.82, 2.24) is 4.90 Å². The largest absolute Gasteiger partial charge is 0.497 e. The van der Waals surface area contributed by atoms with Gasteiger partial charge in [-0.1, -0.05) is 11.6 Å². The SMILES string of the molecule is COc1ccc(/C=C/C(=O)Nc2ccc(C(=O)N3CCCCC3)c(Cl)c2)c(OC)c1. The number of likely N-dealkylation sites (tertiary alicyclic amines) is 1. The van der Waals surface area contributed by atoms with Crippen LogP contribution in [0, 0.1) is 0 Å². The summed E-state index contributed by atoms with van der Waals surface area (Å²) in [6.45, 7) is 1.51. The van der Waals surface area contributed by atoms with Gasteiger partial charge in [0, 0.05) is 36.5 Å². The molecule has 1 aliphatic heterocycles. The minimum atomic E-state index is -0.320. The molecule has 0 unspecified atom stereocenters. The molecule has 3 rings (SSSR count). The number of anilines is 1. The van der Waals surface area contributed by atoms with E-state index < -0.39 is 0 Å². The second kappa shape index (κ2) is 10.2. The predicted octanol–water partition coefficient (Wildman–Crippen LogP) is 4.64. The molecule has 158 valence electrons. The Kier molecular flexibility index (Phi) is 7.36. The Labute approximate surface area is 181 Å². The van der Waals surface area contributed by atoms with Gasteiger partial charge in [0.25, 0.3) is 5.91 Å². The topological polar surface area (TPSA) is 67.9 Å². The number of carbonyl (C=O) groups excluding carboxylic acids is 2. The van der Waals surface area contributed by atoms with Gasteiger partial charge in [0.05, 0.1) is 24.8 Å². The Hall–Kier alpha value is -2.99. The summed E-state index contributed by atoms with van der Waals surface area (Å²) >= 11 is 6.32. The molecule has 1 N–H and O–H groups in total. The van der Waals surface area contributed by atoms with Gasteiger partial charge >= 0.3 is 0 Å². The maximum Gasteiger partial charge on any atom is 0.255 e. The van der Waals surface area contributed by atoms with E-state index in [1.54, 1.807) is 56.7 Å². The lowest BCUT2D eigenvalue weighted by molar-refractivity contribution is -0.111. The number of piperidine rings is 1. The number of nitrogens with one attached hydrogen (secondary N) is 1. The van der Waals surface area contributed by atoms with E-state index in [-0.39, 0.29) is 11.8 Å². The third-order valence-corrected chi connectivity index (χ3v) is 5.28. The molecule has 1 heterocycles. The minimum absolute atomic E-state index is 0.0657. The highest BCUT2D eigenvalue weighted by Crippen LogP contribution is 2.26. The zero-order valence-electron chi connectivity index (χ0n) is 17.1. The molecule has 6 nitrogen and oxygen atoms in total. The van der Waals surface area contributed by atoms with E-state index in [2.05, 4.69) is 5.32 Å². The molecular formula is C23H25ClN2O4. The second-order valence-electron chi connectivity index (χ2n) is 6.98. The summed E-state index contributed by atoms with van der Waals surface area (Å²) < 4.78 is 10.5. The van der Waals surface area contributed by atoms with Crippen LogP contribution >= 0.6 is 11.6 Å². The smallest absolute Gasteiger partial charge is 0.255 e. The molecular weight excluding hydrogens is 404 g/mol. The van der Waals surface area contributed by atoms with Gasteiger partial charge in [0.1, 0.15) is 11.5 Å². The van der Waals surface area contributed by atoms with Crippen molar-refractivity contribution >= 4 is 35.2 Å². The van der Waals surface area contributed by atoms with Crippen molar-refractivity contribution in [1.29, 1.82) is 0 Å². The molecule has 0 aliphatic carbocycles. The molecule has 0 radical (unpaired) electrons. The van der Waals surface area contributed by atoms with Crippen molar-refractivity contribution in [3.8, 4) is 11.5 Å². The van der Waals surface area contributed by atoms with Crippen LogP contribution in [0.2, 0.25) is 5.02 Å². The van der Waals surface area contributed by atoms with Crippen molar-refractivity contribution in [3.05, 3.63) is 58.6 Å². The standard InChI is InChI=1S/C23H25ClN2O4/c1-29-18-9-6-16(21(15-18)30-2)7-11-22(27)25-17-8-10-19(20(24)14-17)23(28)26-12-4-3-5-13-26/h6-11,14-15H,3-5,12-13H2,1-2H3,(H,25,27)/b11-7+. The van der Waals surface area contributed by atoms with Crippen LogP contribution in [0.3, 0.4) is 0 Å². The van der Waals surface area contributed by atoms with Crippen LogP contribution in [0.5, 0.6) is 11.5 Å². The summed E-state index contributed by atoms with van der Waals surface area (Å²) in [5.74, 6) is 0.882. The number of methoxy groups -OCH3 is 2. The zero-order chi connectivity index (χ0) is 21.5. The maximum absolute atomic E-state index is 12.6. The van der Waals surface area contributed by atoms with Crippen LogP contribution in [0.4, 0.5) is 5.69 Å². The second-order valence-corrected chi connectivity index (χ2v) is 7.39. The Morgan fingerprint density at radius 2 is 1.80 bits per heavy atom. The highest BCUT2D eigenvalue weighted by atomic mass is 35.5. The summed E-state index contributed by atoms with van der Waals surface area (Å²) in [6, 6.07) is 10.3. The number of halogens is 1. The van der Waals surface area contributed by atoms with Crippen molar-refractivity contribution in [3.63, 3.8) is 0 Å². The number of hydrogen-bond donors (Lipinski definition) is 1. The quantitative estimate of drug-likeness (QED) is 0.681. The summed E-state index contributed by atoms with van der Waals surface area (Å²) in [5, 5.41) is 3.08. The molecule has 30 heavy (non-hydrogen) atoms. The van der Waals surface area contributed by atoms with E-state index in [9.17, 15) is 9.59 Å². The average Bonchev–Trinajstić information content (AvgIpc) is 2.77. The molecule has 2 aromatic rings. The number of hydrogen-bond acceptors (Lipinski definition) is 4. The van der Waals surface area contributed by atoms with Crippen LogP contribution in [-0.4, -0.2) is 44.0 Å². The van der Waals surface area contributed by atoms with Gasteiger partial charge in [-0.2, -0.15) is 0 Å². The monoisotopic (exact) mass is 428 g/mol. The van der Waals surface area contributed by atoms with Crippen molar-refractivity contribution < 1.29 is 19.1 Å². The number of carbonyl (C=O) groups is 2. The van der Waals surface area contributed by atoms with E-state index >= 15 is 0 Å². The average molecular weight is 429 g/mol. The fourth-order valence-corrected chi connectivity index (χ4v) is 3.60. The van der Waals surface area contributed by atoms with Gasteiger partial charge in [-0.3, -0.25) is 9.59 Å². The first kappa shape index (κ1) is 21.7. The van der Waals surface area contributed by atoms with Gasteiger partial charge in [0.2, 0.25) is 5.91 Å². The highest BCUT2D eigenvalue weighted by Gasteiger charge is 2.20. The normalized spacial score (nSPS) is 13.9. The van der Waals surface area contributed by atoms with Crippen LogP contribution in [-0.2, 0) is 4.79 Å². The maximum atomic E-state index is 12.6. The molecule has 2 aromatic carbocycles. The minimum Gasteiger partial charge on any atom is -0.497 e. The Morgan fingerprint density at radius 1 is 1.03 bits per heavy atom. The Bertz CT molecular complexity index is 952. The number of nitrogens with zero attached hydrogens (tertiary/aromatic N) is 1. The van der Waals surface area contributed by atoms with Crippen molar-refractivity contribution in [2.45, 2.75) is 19.3 Å². The fourth-order valence-electron chi connectivity index (χ4n) is 3.34. The molecule has 0 aromatic heterocycles. The van der Waals surface area contributed by atoms with Gasteiger partial charge in [0.15, 0.2) is 0 Å².